The van der Waals surface area contributed by atoms with Gasteiger partial charge in [-0.25, -0.2) is 4.39 Å². The van der Waals surface area contributed by atoms with Gasteiger partial charge in [-0.1, -0.05) is 29.8 Å². The minimum atomic E-state index is -0.466. The molecule has 2 heterocycles. The molecule has 0 fully saturated rings. The van der Waals surface area contributed by atoms with Crippen LogP contribution in [0.2, 0.25) is 5.02 Å². The maximum Gasteiger partial charge on any atom is 0.229 e. The van der Waals surface area contributed by atoms with E-state index in [1.54, 1.807) is 17.4 Å². The Kier molecular flexibility index (Phi) is 5.14. The van der Waals surface area contributed by atoms with Crippen LogP contribution in [0.4, 0.5) is 15.8 Å². The molecule has 0 unspecified atom stereocenters. The standard InChI is InChI=1S/C21H18ClFN2OS/c22-16-4-3-5-17(23)15(16)12-21(26)24-18-6-1-2-7-19(18)25-10-8-20-14(13-25)9-11-27-20/h1-7,9,11H,8,10,12-13H2,(H,24,26). The molecule has 27 heavy (non-hydrogen) atoms. The molecule has 3 aromatic rings. The van der Waals surface area contributed by atoms with Crippen molar-refractivity contribution in [1.29, 1.82) is 0 Å². The van der Waals surface area contributed by atoms with Crippen molar-refractivity contribution < 1.29 is 9.18 Å². The molecule has 0 radical (unpaired) electrons. The van der Waals surface area contributed by atoms with E-state index < -0.39 is 5.82 Å². The lowest BCUT2D eigenvalue weighted by Crippen LogP contribution is -2.30. The summed E-state index contributed by atoms with van der Waals surface area (Å²) in [6, 6.07) is 14.3. The van der Waals surface area contributed by atoms with Gasteiger partial charge in [0.15, 0.2) is 0 Å². The highest BCUT2D eigenvalue weighted by molar-refractivity contribution is 7.10. The molecule has 1 N–H and O–H groups in total. The lowest BCUT2D eigenvalue weighted by molar-refractivity contribution is -0.115. The van der Waals surface area contributed by atoms with Gasteiger partial charge in [0.2, 0.25) is 5.91 Å². The first-order valence-electron chi connectivity index (χ1n) is 8.74. The van der Waals surface area contributed by atoms with Crippen LogP contribution in [0.3, 0.4) is 0 Å². The fraction of sp³-hybridized carbons (Fsp3) is 0.190. The summed E-state index contributed by atoms with van der Waals surface area (Å²) in [6.45, 7) is 1.73. The molecule has 1 aliphatic rings. The summed E-state index contributed by atoms with van der Waals surface area (Å²) in [7, 11) is 0. The number of hydrogen-bond donors (Lipinski definition) is 1. The predicted octanol–water partition coefficient (Wildman–Crippen LogP) is 5.28. The lowest BCUT2D eigenvalue weighted by Gasteiger charge is -2.30. The number of para-hydroxylation sites is 2. The Labute approximate surface area is 166 Å². The Morgan fingerprint density at radius 3 is 2.89 bits per heavy atom. The number of nitrogens with one attached hydrogen (secondary N) is 1. The predicted molar refractivity (Wildman–Crippen MR) is 109 cm³/mol. The summed E-state index contributed by atoms with van der Waals surface area (Å²) >= 11 is 7.84. The van der Waals surface area contributed by atoms with E-state index in [1.807, 2.05) is 24.3 Å². The third-order valence-corrected chi connectivity index (χ3v) is 6.10. The first-order chi connectivity index (χ1) is 13.1. The number of thiophene rings is 1. The fourth-order valence-electron chi connectivity index (χ4n) is 3.37. The first kappa shape index (κ1) is 18.0. The third kappa shape index (κ3) is 3.84. The molecule has 2 aromatic carbocycles. The molecule has 1 amide bonds. The highest BCUT2D eigenvalue weighted by Gasteiger charge is 2.20. The summed E-state index contributed by atoms with van der Waals surface area (Å²) < 4.78 is 14.0. The van der Waals surface area contributed by atoms with Crippen molar-refractivity contribution in [2.75, 3.05) is 16.8 Å². The van der Waals surface area contributed by atoms with Crippen LogP contribution < -0.4 is 10.2 Å². The van der Waals surface area contributed by atoms with E-state index in [4.69, 9.17) is 11.6 Å². The van der Waals surface area contributed by atoms with Gasteiger partial charge < -0.3 is 10.2 Å². The van der Waals surface area contributed by atoms with Gasteiger partial charge >= 0.3 is 0 Å². The Morgan fingerprint density at radius 2 is 2.04 bits per heavy atom. The SMILES string of the molecule is O=C(Cc1c(F)cccc1Cl)Nc1ccccc1N1CCc2sccc2C1. The number of rotatable bonds is 4. The summed E-state index contributed by atoms with van der Waals surface area (Å²) in [4.78, 5) is 16.2. The van der Waals surface area contributed by atoms with Crippen LogP contribution in [0.15, 0.2) is 53.9 Å². The van der Waals surface area contributed by atoms with Crippen LogP contribution in [0.1, 0.15) is 16.0 Å². The fourth-order valence-corrected chi connectivity index (χ4v) is 4.48. The second-order valence-electron chi connectivity index (χ2n) is 6.48. The minimum Gasteiger partial charge on any atom is -0.365 e. The van der Waals surface area contributed by atoms with Crippen LogP contribution in [-0.2, 0) is 24.2 Å². The molecule has 0 saturated heterocycles. The highest BCUT2D eigenvalue weighted by atomic mass is 35.5. The van der Waals surface area contributed by atoms with Gasteiger partial charge in [0.25, 0.3) is 0 Å². The topological polar surface area (TPSA) is 32.3 Å². The van der Waals surface area contributed by atoms with E-state index in [9.17, 15) is 9.18 Å². The van der Waals surface area contributed by atoms with E-state index in [-0.39, 0.29) is 22.9 Å². The van der Waals surface area contributed by atoms with E-state index in [1.165, 1.54) is 22.6 Å². The van der Waals surface area contributed by atoms with Gasteiger partial charge in [-0.3, -0.25) is 4.79 Å². The molecule has 3 nitrogen and oxygen atoms in total. The van der Waals surface area contributed by atoms with E-state index in [0.29, 0.717) is 0 Å². The molecule has 6 heteroatoms. The van der Waals surface area contributed by atoms with Crippen LogP contribution >= 0.6 is 22.9 Å². The van der Waals surface area contributed by atoms with Gasteiger partial charge in [0, 0.05) is 28.6 Å². The zero-order valence-electron chi connectivity index (χ0n) is 14.5. The zero-order chi connectivity index (χ0) is 18.8. The van der Waals surface area contributed by atoms with E-state index in [2.05, 4.69) is 21.7 Å². The maximum atomic E-state index is 14.0. The van der Waals surface area contributed by atoms with Crippen LogP contribution in [0.5, 0.6) is 0 Å². The van der Waals surface area contributed by atoms with Gasteiger partial charge in [0.1, 0.15) is 5.82 Å². The number of anilines is 2. The van der Waals surface area contributed by atoms with Crippen LogP contribution in [0.25, 0.3) is 0 Å². The number of carbonyl (C=O) groups is 1. The van der Waals surface area contributed by atoms with Crippen LogP contribution in [0, 0.1) is 5.82 Å². The van der Waals surface area contributed by atoms with Gasteiger partial charge in [-0.15, -0.1) is 11.3 Å². The first-order valence-corrected chi connectivity index (χ1v) is 9.99. The molecule has 0 bridgehead atoms. The van der Waals surface area contributed by atoms with Gasteiger partial charge in [-0.2, -0.15) is 0 Å². The van der Waals surface area contributed by atoms with Crippen molar-refractivity contribution >= 4 is 40.2 Å². The van der Waals surface area contributed by atoms with Crippen molar-refractivity contribution in [1.82, 2.24) is 0 Å². The highest BCUT2D eigenvalue weighted by Crippen LogP contribution is 2.32. The zero-order valence-corrected chi connectivity index (χ0v) is 16.1. The van der Waals surface area contributed by atoms with E-state index >= 15 is 0 Å². The molecule has 1 aliphatic heterocycles. The molecule has 0 atom stereocenters. The molecule has 4 rings (SSSR count). The Hall–Kier alpha value is -2.37. The normalized spacial score (nSPS) is 13.3. The van der Waals surface area contributed by atoms with Gasteiger partial charge in [0.05, 0.1) is 17.8 Å². The summed E-state index contributed by atoms with van der Waals surface area (Å²) in [5.74, 6) is -0.755. The van der Waals surface area contributed by atoms with Crippen molar-refractivity contribution in [2.24, 2.45) is 0 Å². The number of nitrogens with zero attached hydrogens (tertiary/aromatic N) is 1. The van der Waals surface area contributed by atoms with Gasteiger partial charge in [-0.05, 0) is 47.7 Å². The molecule has 1 aromatic heterocycles. The van der Waals surface area contributed by atoms with Crippen LogP contribution in [-0.4, -0.2) is 12.5 Å². The molecule has 0 spiro atoms. The number of fused-ring (bicyclic) bond motifs is 1. The Balaban J connectivity index is 1.53. The average molecular weight is 401 g/mol. The molecular formula is C21H18ClFN2OS. The molecular weight excluding hydrogens is 383 g/mol. The lowest BCUT2D eigenvalue weighted by atomic mass is 10.1. The average Bonchev–Trinajstić information content (AvgIpc) is 3.13. The maximum absolute atomic E-state index is 14.0. The summed E-state index contributed by atoms with van der Waals surface area (Å²) in [5.41, 5.74) is 3.26. The van der Waals surface area contributed by atoms with Crippen molar-refractivity contribution in [2.45, 2.75) is 19.4 Å². The Bertz CT molecular complexity index is 968. The van der Waals surface area contributed by atoms with Crippen molar-refractivity contribution in [3.63, 3.8) is 0 Å². The van der Waals surface area contributed by atoms with Crippen molar-refractivity contribution in [3.05, 3.63) is 80.8 Å². The Morgan fingerprint density at radius 1 is 1.19 bits per heavy atom. The monoisotopic (exact) mass is 400 g/mol. The second kappa shape index (κ2) is 7.71. The minimum absolute atomic E-state index is 0.103. The number of halogens is 2. The molecule has 138 valence electrons. The van der Waals surface area contributed by atoms with Crippen molar-refractivity contribution in [3.8, 4) is 0 Å². The largest absolute Gasteiger partial charge is 0.365 e. The molecule has 0 aliphatic carbocycles. The number of carbonyl (C=O) groups excluding carboxylic acids is 1. The summed E-state index contributed by atoms with van der Waals surface area (Å²) in [5, 5.41) is 5.31. The number of benzene rings is 2. The number of hydrogen-bond acceptors (Lipinski definition) is 3. The quantitative estimate of drug-likeness (QED) is 0.645. The van der Waals surface area contributed by atoms with E-state index in [0.717, 1.165) is 30.9 Å². The molecule has 0 saturated carbocycles. The summed E-state index contributed by atoms with van der Waals surface area (Å²) in [6.07, 6.45) is 0.897. The second-order valence-corrected chi connectivity index (χ2v) is 7.89. The smallest absolute Gasteiger partial charge is 0.229 e. The third-order valence-electron chi connectivity index (χ3n) is 4.73. The number of amides is 1.